The van der Waals surface area contributed by atoms with Crippen molar-refractivity contribution in [2.24, 2.45) is 5.73 Å². The zero-order chi connectivity index (χ0) is 15.6. The van der Waals surface area contributed by atoms with Gasteiger partial charge in [0.2, 0.25) is 0 Å². The highest BCUT2D eigenvalue weighted by molar-refractivity contribution is 6.34. The van der Waals surface area contributed by atoms with Crippen LogP contribution in [0.2, 0.25) is 10.0 Å². The van der Waals surface area contributed by atoms with Crippen LogP contribution in [0.3, 0.4) is 0 Å². The van der Waals surface area contributed by atoms with Crippen LogP contribution in [0.5, 0.6) is 0 Å². The van der Waals surface area contributed by atoms with Gasteiger partial charge in [0.1, 0.15) is 5.84 Å². The van der Waals surface area contributed by atoms with Crippen molar-refractivity contribution in [1.82, 2.24) is 0 Å². The predicted octanol–water partition coefficient (Wildman–Crippen LogP) is 4.47. The SMILES string of the molecule is CC(c1cccc(Cl)c1)N(C)c1cccc(Cl)c1C(=N)N. The maximum atomic E-state index is 7.74. The number of halogens is 2. The Balaban J connectivity index is 2.43. The fourth-order valence-electron chi connectivity index (χ4n) is 2.27. The lowest BCUT2D eigenvalue weighted by molar-refractivity contribution is 0.739. The van der Waals surface area contributed by atoms with Crippen LogP contribution in [0.25, 0.3) is 0 Å². The molecule has 0 saturated carbocycles. The van der Waals surface area contributed by atoms with Crippen LogP contribution >= 0.6 is 23.2 Å². The van der Waals surface area contributed by atoms with E-state index in [4.69, 9.17) is 34.3 Å². The molecule has 3 nitrogen and oxygen atoms in total. The maximum absolute atomic E-state index is 7.74. The zero-order valence-electron chi connectivity index (χ0n) is 11.9. The van der Waals surface area contributed by atoms with E-state index < -0.39 is 0 Å². The molecule has 0 aliphatic carbocycles. The molecule has 0 heterocycles. The summed E-state index contributed by atoms with van der Waals surface area (Å²) < 4.78 is 0. The van der Waals surface area contributed by atoms with E-state index in [1.807, 2.05) is 48.3 Å². The first-order chi connectivity index (χ1) is 9.91. The molecular formula is C16H17Cl2N3. The Hall–Kier alpha value is -1.71. The Labute approximate surface area is 134 Å². The molecule has 2 rings (SSSR count). The van der Waals surface area contributed by atoms with Crippen LogP contribution < -0.4 is 10.6 Å². The minimum atomic E-state index is -0.0410. The number of benzene rings is 2. The molecule has 2 aromatic rings. The smallest absolute Gasteiger partial charge is 0.126 e. The highest BCUT2D eigenvalue weighted by atomic mass is 35.5. The van der Waals surface area contributed by atoms with E-state index in [9.17, 15) is 0 Å². The number of rotatable bonds is 4. The first-order valence-corrected chi connectivity index (χ1v) is 7.28. The van der Waals surface area contributed by atoms with Gasteiger partial charge in [-0.1, -0.05) is 41.4 Å². The Morgan fingerprint density at radius 2 is 1.86 bits per heavy atom. The molecule has 0 radical (unpaired) electrons. The summed E-state index contributed by atoms with van der Waals surface area (Å²) in [6.07, 6.45) is 0. The van der Waals surface area contributed by atoms with Gasteiger partial charge in [-0.2, -0.15) is 0 Å². The molecule has 0 amide bonds. The van der Waals surface area contributed by atoms with Gasteiger partial charge in [0.05, 0.1) is 16.6 Å². The van der Waals surface area contributed by atoms with Gasteiger partial charge in [-0.15, -0.1) is 0 Å². The van der Waals surface area contributed by atoms with Crippen LogP contribution in [0, 0.1) is 5.41 Å². The average Bonchev–Trinajstić information content (AvgIpc) is 2.45. The molecular weight excluding hydrogens is 305 g/mol. The number of nitrogens with zero attached hydrogens (tertiary/aromatic N) is 1. The third-order valence-corrected chi connectivity index (χ3v) is 4.10. The number of nitrogens with one attached hydrogen (secondary N) is 1. The number of anilines is 1. The first-order valence-electron chi connectivity index (χ1n) is 6.53. The van der Waals surface area contributed by atoms with Gasteiger partial charge in [-0.05, 0) is 36.8 Å². The minimum absolute atomic E-state index is 0.0410. The molecule has 3 N–H and O–H groups in total. The van der Waals surface area contributed by atoms with Crippen LogP contribution in [0.15, 0.2) is 42.5 Å². The fraction of sp³-hybridized carbons (Fsp3) is 0.188. The summed E-state index contributed by atoms with van der Waals surface area (Å²) >= 11 is 12.2. The van der Waals surface area contributed by atoms with Gasteiger partial charge in [0, 0.05) is 17.8 Å². The predicted molar refractivity (Wildman–Crippen MR) is 90.7 cm³/mol. The summed E-state index contributed by atoms with van der Waals surface area (Å²) in [7, 11) is 1.95. The Kier molecular flexibility index (Phi) is 4.76. The first kappa shape index (κ1) is 15.7. The van der Waals surface area contributed by atoms with Crippen LogP contribution in [0.4, 0.5) is 5.69 Å². The number of hydrogen-bond donors (Lipinski definition) is 2. The molecule has 2 aromatic carbocycles. The standard InChI is InChI=1S/C16H17Cl2N3/c1-10(11-5-3-6-12(17)9-11)21(2)14-8-4-7-13(18)15(14)16(19)20/h3-10H,1-2H3,(H3,19,20). The third-order valence-electron chi connectivity index (χ3n) is 3.55. The largest absolute Gasteiger partial charge is 0.384 e. The fourth-order valence-corrected chi connectivity index (χ4v) is 2.74. The van der Waals surface area contributed by atoms with Gasteiger partial charge in [-0.25, -0.2) is 0 Å². The summed E-state index contributed by atoms with van der Waals surface area (Å²) in [6.45, 7) is 2.07. The number of nitrogen functional groups attached to an aromatic ring is 1. The van der Waals surface area contributed by atoms with Crippen molar-refractivity contribution in [3.05, 3.63) is 63.6 Å². The van der Waals surface area contributed by atoms with Crippen molar-refractivity contribution in [3.63, 3.8) is 0 Å². The van der Waals surface area contributed by atoms with Gasteiger partial charge in [0.15, 0.2) is 0 Å². The minimum Gasteiger partial charge on any atom is -0.384 e. The monoisotopic (exact) mass is 321 g/mol. The van der Waals surface area contributed by atoms with Gasteiger partial charge >= 0.3 is 0 Å². The van der Waals surface area contributed by atoms with Crippen LogP contribution in [-0.2, 0) is 0 Å². The summed E-state index contributed by atoms with van der Waals surface area (Å²) in [5, 5.41) is 8.91. The van der Waals surface area contributed by atoms with E-state index in [-0.39, 0.29) is 11.9 Å². The van der Waals surface area contributed by atoms with E-state index in [1.54, 1.807) is 6.07 Å². The molecule has 0 aromatic heterocycles. The number of nitrogens with two attached hydrogens (primary N) is 1. The number of amidine groups is 1. The second kappa shape index (κ2) is 6.37. The van der Waals surface area contributed by atoms with Crippen molar-refractivity contribution in [1.29, 1.82) is 5.41 Å². The molecule has 21 heavy (non-hydrogen) atoms. The highest BCUT2D eigenvalue weighted by Crippen LogP contribution is 2.32. The van der Waals surface area contributed by atoms with Crippen LogP contribution in [0.1, 0.15) is 24.1 Å². The Morgan fingerprint density at radius 3 is 2.48 bits per heavy atom. The molecule has 0 saturated heterocycles. The van der Waals surface area contributed by atoms with Crippen molar-refractivity contribution >= 4 is 34.7 Å². The molecule has 1 atom stereocenters. The van der Waals surface area contributed by atoms with E-state index in [2.05, 4.69) is 6.92 Å². The molecule has 0 fully saturated rings. The lowest BCUT2D eigenvalue weighted by Gasteiger charge is -2.29. The number of hydrogen-bond acceptors (Lipinski definition) is 2. The second-order valence-electron chi connectivity index (χ2n) is 4.89. The van der Waals surface area contributed by atoms with E-state index in [0.717, 1.165) is 11.3 Å². The van der Waals surface area contributed by atoms with E-state index in [0.29, 0.717) is 15.6 Å². The van der Waals surface area contributed by atoms with Crippen molar-refractivity contribution in [2.75, 3.05) is 11.9 Å². The third kappa shape index (κ3) is 3.31. The van der Waals surface area contributed by atoms with Crippen molar-refractivity contribution in [2.45, 2.75) is 13.0 Å². The summed E-state index contributed by atoms with van der Waals surface area (Å²) in [6, 6.07) is 13.3. The lowest BCUT2D eigenvalue weighted by atomic mass is 10.0. The summed E-state index contributed by atoms with van der Waals surface area (Å²) in [5.74, 6) is -0.0410. The molecule has 110 valence electrons. The second-order valence-corrected chi connectivity index (χ2v) is 5.73. The van der Waals surface area contributed by atoms with E-state index >= 15 is 0 Å². The lowest BCUT2D eigenvalue weighted by Crippen LogP contribution is -2.25. The molecule has 0 aliphatic rings. The molecule has 0 bridgehead atoms. The van der Waals surface area contributed by atoms with Crippen molar-refractivity contribution < 1.29 is 0 Å². The summed E-state index contributed by atoms with van der Waals surface area (Å²) in [5.41, 5.74) is 8.12. The zero-order valence-corrected chi connectivity index (χ0v) is 13.4. The Morgan fingerprint density at radius 1 is 1.19 bits per heavy atom. The molecule has 0 spiro atoms. The van der Waals surface area contributed by atoms with Gasteiger partial charge in [-0.3, -0.25) is 5.41 Å². The van der Waals surface area contributed by atoms with E-state index in [1.165, 1.54) is 0 Å². The maximum Gasteiger partial charge on any atom is 0.126 e. The highest BCUT2D eigenvalue weighted by Gasteiger charge is 2.18. The van der Waals surface area contributed by atoms with Gasteiger partial charge in [0.25, 0.3) is 0 Å². The van der Waals surface area contributed by atoms with Crippen molar-refractivity contribution in [3.8, 4) is 0 Å². The molecule has 0 aliphatic heterocycles. The molecule has 1 unspecified atom stereocenters. The summed E-state index contributed by atoms with van der Waals surface area (Å²) in [4.78, 5) is 2.04. The quantitative estimate of drug-likeness (QED) is 0.644. The van der Waals surface area contributed by atoms with Gasteiger partial charge < -0.3 is 10.6 Å². The average molecular weight is 322 g/mol. The molecule has 5 heteroatoms. The van der Waals surface area contributed by atoms with Crippen LogP contribution in [-0.4, -0.2) is 12.9 Å². The topological polar surface area (TPSA) is 53.1 Å². The Bertz CT molecular complexity index is 670. The normalized spacial score (nSPS) is 12.0.